The molecule has 0 bridgehead atoms. The number of aromatic nitrogens is 6. The van der Waals surface area contributed by atoms with Crippen LogP contribution in [0, 0.1) is 0 Å². The average molecular weight is 443 g/mol. The number of ether oxygens (including phenoxy) is 1. The summed E-state index contributed by atoms with van der Waals surface area (Å²) in [5.41, 5.74) is 9.87. The molecule has 0 aromatic carbocycles. The zero-order valence-electron chi connectivity index (χ0n) is 17.9. The van der Waals surface area contributed by atoms with Crippen LogP contribution in [0.3, 0.4) is 0 Å². The normalized spacial score (nSPS) is 13.8. The number of hydrogen-bond donors (Lipinski definition) is 2. The number of amides is 1. The summed E-state index contributed by atoms with van der Waals surface area (Å²) in [7, 11) is 0. The predicted octanol–water partition coefficient (Wildman–Crippen LogP) is 1.92. The number of nitrogens with zero attached hydrogens (tertiary/aromatic N) is 7. The Kier molecular flexibility index (Phi) is 5.45. The van der Waals surface area contributed by atoms with Crippen molar-refractivity contribution in [3.63, 3.8) is 0 Å². The molecule has 1 aliphatic heterocycles. The van der Waals surface area contributed by atoms with Gasteiger partial charge >= 0.3 is 0 Å². The van der Waals surface area contributed by atoms with Crippen LogP contribution in [0.4, 0.5) is 17.5 Å². The number of morpholine rings is 1. The minimum absolute atomic E-state index is 0.163. The van der Waals surface area contributed by atoms with Crippen LogP contribution in [0.1, 0.15) is 6.92 Å². The molecule has 166 valence electrons. The molecule has 11 nitrogen and oxygen atoms in total. The number of pyridine rings is 2. The second-order valence-corrected chi connectivity index (χ2v) is 7.54. The summed E-state index contributed by atoms with van der Waals surface area (Å²) in [6, 6.07) is 3.78. The Morgan fingerprint density at radius 1 is 0.970 bits per heavy atom. The monoisotopic (exact) mass is 443 g/mol. The van der Waals surface area contributed by atoms with Crippen molar-refractivity contribution in [2.24, 2.45) is 0 Å². The molecular weight excluding hydrogens is 422 g/mol. The third-order valence-corrected chi connectivity index (χ3v) is 5.15. The summed E-state index contributed by atoms with van der Waals surface area (Å²) < 4.78 is 5.50. The quantitative estimate of drug-likeness (QED) is 0.480. The Morgan fingerprint density at radius 3 is 2.45 bits per heavy atom. The van der Waals surface area contributed by atoms with Crippen molar-refractivity contribution in [1.29, 1.82) is 0 Å². The van der Waals surface area contributed by atoms with Gasteiger partial charge in [0.25, 0.3) is 0 Å². The van der Waals surface area contributed by atoms with Gasteiger partial charge in [-0.1, -0.05) is 0 Å². The van der Waals surface area contributed by atoms with Gasteiger partial charge in [0, 0.05) is 55.9 Å². The third kappa shape index (κ3) is 4.39. The van der Waals surface area contributed by atoms with Crippen LogP contribution in [-0.2, 0) is 9.53 Å². The van der Waals surface area contributed by atoms with Gasteiger partial charge in [-0.15, -0.1) is 0 Å². The van der Waals surface area contributed by atoms with Gasteiger partial charge in [0.2, 0.25) is 11.9 Å². The number of hydrogen-bond acceptors (Lipinski definition) is 10. The van der Waals surface area contributed by atoms with E-state index in [1.54, 1.807) is 31.0 Å². The van der Waals surface area contributed by atoms with Gasteiger partial charge in [-0.3, -0.25) is 14.8 Å². The van der Waals surface area contributed by atoms with E-state index in [4.69, 9.17) is 25.4 Å². The second-order valence-electron chi connectivity index (χ2n) is 7.54. The van der Waals surface area contributed by atoms with Crippen molar-refractivity contribution in [3.05, 3.63) is 43.1 Å². The van der Waals surface area contributed by atoms with E-state index < -0.39 is 0 Å². The van der Waals surface area contributed by atoms with Crippen LogP contribution in [0.15, 0.2) is 43.1 Å². The fraction of sp³-hybridized carbons (Fsp3) is 0.227. The number of anilines is 3. The van der Waals surface area contributed by atoms with Crippen molar-refractivity contribution in [2.75, 3.05) is 42.3 Å². The molecule has 0 atom stereocenters. The lowest BCUT2D eigenvalue weighted by Gasteiger charge is -2.28. The number of nitrogen functional groups attached to an aromatic ring is 1. The topological polar surface area (TPSA) is 145 Å². The SMILES string of the molecule is CC(=O)Nc1cncc(-c2cnc3c(N4CCOCC4)nc(-c4cnc(N)nc4)nc3c2)c1. The maximum absolute atomic E-state index is 11.4. The molecule has 0 spiro atoms. The third-order valence-electron chi connectivity index (χ3n) is 5.15. The zero-order chi connectivity index (χ0) is 22.8. The first-order valence-corrected chi connectivity index (χ1v) is 10.4. The van der Waals surface area contributed by atoms with E-state index in [1.165, 1.54) is 6.92 Å². The fourth-order valence-corrected chi connectivity index (χ4v) is 3.61. The number of carbonyl (C=O) groups excluding carboxylic acids is 1. The number of nitrogens with one attached hydrogen (secondary N) is 1. The van der Waals surface area contributed by atoms with Gasteiger partial charge in [0.1, 0.15) is 5.52 Å². The van der Waals surface area contributed by atoms with Gasteiger partial charge in [-0.05, 0) is 12.1 Å². The first-order valence-electron chi connectivity index (χ1n) is 10.4. The van der Waals surface area contributed by atoms with Crippen molar-refractivity contribution >= 4 is 34.4 Å². The molecule has 11 heteroatoms. The molecule has 1 saturated heterocycles. The van der Waals surface area contributed by atoms with Crippen LogP contribution < -0.4 is 16.0 Å². The summed E-state index contributed by atoms with van der Waals surface area (Å²) >= 11 is 0. The molecule has 1 aliphatic rings. The minimum Gasteiger partial charge on any atom is -0.378 e. The Hall–Kier alpha value is -4.25. The van der Waals surface area contributed by atoms with Crippen LogP contribution in [-0.4, -0.2) is 62.1 Å². The van der Waals surface area contributed by atoms with E-state index in [0.29, 0.717) is 54.4 Å². The minimum atomic E-state index is -0.163. The van der Waals surface area contributed by atoms with Crippen LogP contribution in [0.2, 0.25) is 0 Å². The van der Waals surface area contributed by atoms with Crippen molar-refractivity contribution in [3.8, 4) is 22.5 Å². The molecule has 5 rings (SSSR count). The maximum atomic E-state index is 11.4. The second kappa shape index (κ2) is 8.71. The van der Waals surface area contributed by atoms with Gasteiger partial charge < -0.3 is 20.7 Å². The van der Waals surface area contributed by atoms with Gasteiger partial charge in [-0.2, -0.15) is 0 Å². The predicted molar refractivity (Wildman–Crippen MR) is 123 cm³/mol. The van der Waals surface area contributed by atoms with Gasteiger partial charge in [-0.25, -0.2) is 19.9 Å². The highest BCUT2D eigenvalue weighted by atomic mass is 16.5. The average Bonchev–Trinajstić information content (AvgIpc) is 2.84. The molecule has 1 fully saturated rings. The van der Waals surface area contributed by atoms with Crippen molar-refractivity contribution in [2.45, 2.75) is 6.92 Å². The van der Waals surface area contributed by atoms with E-state index >= 15 is 0 Å². The Labute approximate surface area is 189 Å². The molecule has 4 aromatic rings. The first-order chi connectivity index (χ1) is 16.1. The molecule has 0 radical (unpaired) electrons. The standard InChI is InChI=1S/C22H21N9O2/c1-13(32)28-17-6-14(8-24-12-17)15-7-18-19(25-9-15)21(31-2-4-33-5-3-31)30-20(29-18)16-10-26-22(23)27-11-16/h6-12H,2-5H2,1H3,(H,28,32)(H2,23,26,27). The molecule has 33 heavy (non-hydrogen) atoms. The lowest BCUT2D eigenvalue weighted by Crippen LogP contribution is -2.37. The number of fused-ring (bicyclic) bond motifs is 1. The Bertz CT molecular complexity index is 1320. The summed E-state index contributed by atoms with van der Waals surface area (Å²) in [6.45, 7) is 4.10. The van der Waals surface area contributed by atoms with E-state index in [0.717, 1.165) is 16.9 Å². The summed E-state index contributed by atoms with van der Waals surface area (Å²) in [5, 5.41) is 2.75. The Balaban J connectivity index is 1.63. The molecule has 1 amide bonds. The summed E-state index contributed by atoms with van der Waals surface area (Å²) in [5.74, 6) is 1.23. The van der Waals surface area contributed by atoms with Crippen LogP contribution in [0.25, 0.3) is 33.5 Å². The molecule has 5 heterocycles. The highest BCUT2D eigenvalue weighted by Gasteiger charge is 2.20. The van der Waals surface area contributed by atoms with Crippen LogP contribution >= 0.6 is 0 Å². The van der Waals surface area contributed by atoms with Gasteiger partial charge in [0.15, 0.2) is 11.6 Å². The van der Waals surface area contributed by atoms with E-state index in [2.05, 4.69) is 25.2 Å². The fourth-order valence-electron chi connectivity index (χ4n) is 3.61. The number of carbonyl (C=O) groups is 1. The summed E-state index contributed by atoms with van der Waals surface area (Å²) in [4.78, 5) is 40.2. The zero-order valence-corrected chi connectivity index (χ0v) is 17.9. The number of rotatable bonds is 4. The molecule has 3 N–H and O–H groups in total. The first kappa shape index (κ1) is 20.6. The van der Waals surface area contributed by atoms with E-state index in [-0.39, 0.29) is 11.9 Å². The van der Waals surface area contributed by atoms with E-state index in [1.807, 2.05) is 12.1 Å². The summed E-state index contributed by atoms with van der Waals surface area (Å²) in [6.07, 6.45) is 8.27. The highest BCUT2D eigenvalue weighted by molar-refractivity contribution is 5.91. The largest absolute Gasteiger partial charge is 0.378 e. The lowest BCUT2D eigenvalue weighted by atomic mass is 10.1. The van der Waals surface area contributed by atoms with Crippen molar-refractivity contribution in [1.82, 2.24) is 29.9 Å². The Morgan fingerprint density at radius 2 is 1.70 bits per heavy atom. The van der Waals surface area contributed by atoms with E-state index in [9.17, 15) is 4.79 Å². The van der Waals surface area contributed by atoms with Crippen molar-refractivity contribution < 1.29 is 9.53 Å². The maximum Gasteiger partial charge on any atom is 0.221 e. The molecule has 4 aromatic heterocycles. The van der Waals surface area contributed by atoms with Crippen LogP contribution in [0.5, 0.6) is 0 Å². The molecular formula is C22H21N9O2. The molecule has 0 saturated carbocycles. The lowest BCUT2D eigenvalue weighted by molar-refractivity contribution is -0.114. The van der Waals surface area contributed by atoms with Gasteiger partial charge in [0.05, 0.1) is 36.2 Å². The number of nitrogens with two attached hydrogens (primary N) is 1. The molecule has 0 unspecified atom stereocenters. The molecule has 0 aliphatic carbocycles. The highest BCUT2D eigenvalue weighted by Crippen LogP contribution is 2.30. The smallest absolute Gasteiger partial charge is 0.221 e.